The Hall–Kier alpha value is -0.0800. The topological polar surface area (TPSA) is 18.5 Å². The highest BCUT2D eigenvalue weighted by molar-refractivity contribution is 4.97. The molecule has 0 aromatic heterocycles. The lowest BCUT2D eigenvalue weighted by Gasteiger charge is -2.48. The summed E-state index contributed by atoms with van der Waals surface area (Å²) in [4.78, 5) is 0. The maximum atomic E-state index is 6.13. The summed E-state index contributed by atoms with van der Waals surface area (Å²) in [6.45, 7) is 9.92. The maximum Gasteiger partial charge on any atom is 0.0754 e. The number of rotatable bonds is 12. The molecule has 2 heteroatoms. The molecule has 1 atom stereocenters. The Balaban J connectivity index is 5.19. The predicted molar refractivity (Wildman–Crippen MR) is 83.7 cm³/mol. The molecule has 0 spiro atoms. The number of hydrogen-bond acceptors (Lipinski definition) is 2. The number of hydrogen-bond donors (Lipinski definition) is 0. The van der Waals surface area contributed by atoms with Crippen molar-refractivity contribution >= 4 is 0 Å². The summed E-state index contributed by atoms with van der Waals surface area (Å²) in [6, 6.07) is 0. The van der Waals surface area contributed by atoms with Crippen molar-refractivity contribution in [2.45, 2.75) is 84.7 Å². The van der Waals surface area contributed by atoms with Gasteiger partial charge in [-0.1, -0.05) is 59.8 Å². The summed E-state index contributed by atoms with van der Waals surface area (Å²) in [5.41, 5.74) is 0.0978. The molecule has 116 valence electrons. The Kier molecular flexibility index (Phi) is 9.72. The van der Waals surface area contributed by atoms with Gasteiger partial charge in [0.25, 0.3) is 0 Å². The maximum absolute atomic E-state index is 6.13. The van der Waals surface area contributed by atoms with Crippen molar-refractivity contribution in [2.24, 2.45) is 5.41 Å². The molecular weight excluding hydrogens is 236 g/mol. The van der Waals surface area contributed by atoms with E-state index >= 15 is 0 Å². The third-order valence-electron chi connectivity index (χ3n) is 4.62. The van der Waals surface area contributed by atoms with Crippen molar-refractivity contribution in [1.29, 1.82) is 0 Å². The van der Waals surface area contributed by atoms with E-state index in [0.717, 1.165) is 19.4 Å². The normalized spacial score (nSPS) is 15.5. The molecule has 0 bridgehead atoms. The summed E-state index contributed by atoms with van der Waals surface area (Å²) in [7, 11) is 3.71. The first-order valence-electron chi connectivity index (χ1n) is 8.09. The molecule has 0 heterocycles. The van der Waals surface area contributed by atoms with Crippen molar-refractivity contribution in [2.75, 3.05) is 20.8 Å². The van der Waals surface area contributed by atoms with E-state index in [0.29, 0.717) is 0 Å². The molecule has 0 aromatic carbocycles. The number of unbranched alkanes of at least 4 members (excludes halogenated alkanes) is 2. The van der Waals surface area contributed by atoms with Gasteiger partial charge >= 0.3 is 0 Å². The molecule has 0 radical (unpaired) electrons. The minimum atomic E-state index is -0.0228. The SMILES string of the molecule is CCCCC(CCCC)(OC)C(C)(CCC)COC. The highest BCUT2D eigenvalue weighted by atomic mass is 16.5. The van der Waals surface area contributed by atoms with E-state index in [1.807, 2.05) is 14.2 Å². The third kappa shape index (κ3) is 5.07. The van der Waals surface area contributed by atoms with Crippen molar-refractivity contribution in [1.82, 2.24) is 0 Å². The monoisotopic (exact) mass is 272 g/mol. The van der Waals surface area contributed by atoms with Gasteiger partial charge in [-0.2, -0.15) is 0 Å². The van der Waals surface area contributed by atoms with Crippen LogP contribution in [0.5, 0.6) is 0 Å². The molecule has 1 unspecified atom stereocenters. The lowest BCUT2D eigenvalue weighted by Crippen LogP contribution is -2.50. The van der Waals surface area contributed by atoms with Crippen LogP contribution in [-0.4, -0.2) is 26.4 Å². The minimum absolute atomic E-state index is 0.0228. The first-order chi connectivity index (χ1) is 9.05. The average molecular weight is 272 g/mol. The standard InChI is InChI=1S/C17H36O2/c1-7-10-13-17(19-6,14-11-8-2)16(4,12-9-3)15-18-5/h7-15H2,1-6H3. The quantitative estimate of drug-likeness (QED) is 0.486. The molecule has 0 aliphatic rings. The Morgan fingerprint density at radius 2 is 1.32 bits per heavy atom. The second-order valence-electron chi connectivity index (χ2n) is 6.15. The summed E-state index contributed by atoms with van der Waals surface area (Å²) in [5, 5.41) is 0. The van der Waals surface area contributed by atoms with Gasteiger partial charge in [-0.05, 0) is 19.3 Å². The lowest BCUT2D eigenvalue weighted by molar-refractivity contribution is -0.146. The Bertz CT molecular complexity index is 199. The highest BCUT2D eigenvalue weighted by Gasteiger charge is 2.46. The van der Waals surface area contributed by atoms with Crippen molar-refractivity contribution < 1.29 is 9.47 Å². The van der Waals surface area contributed by atoms with E-state index < -0.39 is 0 Å². The number of ether oxygens (including phenoxy) is 2. The largest absolute Gasteiger partial charge is 0.384 e. The summed E-state index contributed by atoms with van der Waals surface area (Å²) in [6.07, 6.45) is 9.59. The summed E-state index contributed by atoms with van der Waals surface area (Å²) < 4.78 is 11.7. The fourth-order valence-corrected chi connectivity index (χ4v) is 3.41. The second-order valence-corrected chi connectivity index (χ2v) is 6.15. The molecule has 0 saturated carbocycles. The molecule has 0 rings (SSSR count). The van der Waals surface area contributed by atoms with E-state index in [1.165, 1.54) is 38.5 Å². The summed E-state index contributed by atoms with van der Waals surface area (Å²) in [5.74, 6) is 0. The van der Waals surface area contributed by atoms with Crippen LogP contribution in [-0.2, 0) is 9.47 Å². The van der Waals surface area contributed by atoms with Crippen LogP contribution in [0.4, 0.5) is 0 Å². The fraction of sp³-hybridized carbons (Fsp3) is 1.00. The molecule has 0 aromatic rings. The summed E-state index contributed by atoms with van der Waals surface area (Å²) >= 11 is 0. The van der Waals surface area contributed by atoms with Crippen LogP contribution in [0.1, 0.15) is 79.1 Å². The zero-order valence-corrected chi connectivity index (χ0v) is 14.2. The van der Waals surface area contributed by atoms with E-state index in [2.05, 4.69) is 27.7 Å². The highest BCUT2D eigenvalue weighted by Crippen LogP contribution is 2.45. The second kappa shape index (κ2) is 9.77. The van der Waals surface area contributed by atoms with Gasteiger partial charge in [0.05, 0.1) is 12.2 Å². The van der Waals surface area contributed by atoms with Gasteiger partial charge in [0, 0.05) is 19.6 Å². The third-order valence-corrected chi connectivity index (χ3v) is 4.62. The van der Waals surface area contributed by atoms with Gasteiger partial charge in [-0.3, -0.25) is 0 Å². The van der Waals surface area contributed by atoms with Crippen LogP contribution in [0.3, 0.4) is 0 Å². The van der Waals surface area contributed by atoms with Crippen LogP contribution in [0, 0.1) is 5.41 Å². The van der Waals surface area contributed by atoms with E-state index in [9.17, 15) is 0 Å². The number of methoxy groups -OCH3 is 2. The Morgan fingerprint density at radius 1 is 0.789 bits per heavy atom. The van der Waals surface area contributed by atoms with Crippen molar-refractivity contribution in [3.05, 3.63) is 0 Å². The van der Waals surface area contributed by atoms with Gasteiger partial charge in [-0.25, -0.2) is 0 Å². The minimum Gasteiger partial charge on any atom is -0.384 e. The van der Waals surface area contributed by atoms with Gasteiger partial charge in [0.15, 0.2) is 0 Å². The molecule has 0 saturated heterocycles. The Labute approximate surface area is 121 Å². The molecule has 2 nitrogen and oxygen atoms in total. The average Bonchev–Trinajstić information content (AvgIpc) is 2.40. The van der Waals surface area contributed by atoms with E-state index in [-0.39, 0.29) is 11.0 Å². The Morgan fingerprint density at radius 3 is 1.63 bits per heavy atom. The zero-order valence-electron chi connectivity index (χ0n) is 14.2. The predicted octanol–water partition coefficient (Wildman–Crippen LogP) is 5.20. The fourth-order valence-electron chi connectivity index (χ4n) is 3.41. The van der Waals surface area contributed by atoms with Crippen molar-refractivity contribution in [3.63, 3.8) is 0 Å². The molecule has 19 heavy (non-hydrogen) atoms. The molecule has 0 N–H and O–H groups in total. The molecule has 0 fully saturated rings. The van der Waals surface area contributed by atoms with Crippen LogP contribution in [0.2, 0.25) is 0 Å². The smallest absolute Gasteiger partial charge is 0.0754 e. The van der Waals surface area contributed by atoms with Crippen LogP contribution in [0.15, 0.2) is 0 Å². The van der Waals surface area contributed by atoms with Gasteiger partial charge in [0.2, 0.25) is 0 Å². The van der Waals surface area contributed by atoms with Crippen molar-refractivity contribution in [3.8, 4) is 0 Å². The van der Waals surface area contributed by atoms with Gasteiger partial charge in [-0.15, -0.1) is 0 Å². The first kappa shape index (κ1) is 18.9. The van der Waals surface area contributed by atoms with Crippen LogP contribution < -0.4 is 0 Å². The van der Waals surface area contributed by atoms with E-state index in [1.54, 1.807) is 0 Å². The molecule has 0 aliphatic carbocycles. The van der Waals surface area contributed by atoms with E-state index in [4.69, 9.17) is 9.47 Å². The lowest BCUT2D eigenvalue weighted by atomic mass is 9.66. The van der Waals surface area contributed by atoms with Crippen LogP contribution in [0.25, 0.3) is 0 Å². The first-order valence-corrected chi connectivity index (χ1v) is 8.09. The zero-order chi connectivity index (χ0) is 14.8. The molecular formula is C17H36O2. The molecule has 0 aliphatic heterocycles. The molecule has 0 amide bonds. The van der Waals surface area contributed by atoms with Crippen LogP contribution >= 0.6 is 0 Å². The van der Waals surface area contributed by atoms with Gasteiger partial charge in [0.1, 0.15) is 0 Å². The van der Waals surface area contributed by atoms with Gasteiger partial charge < -0.3 is 9.47 Å².